The van der Waals surface area contributed by atoms with E-state index in [1.807, 2.05) is 22.6 Å². The first-order valence-corrected chi connectivity index (χ1v) is 34.3. The molecule has 0 radical (unpaired) electrons. The van der Waals surface area contributed by atoms with E-state index < -0.39 is 194 Å². The number of aliphatic carboxylic acids is 1. The van der Waals surface area contributed by atoms with Gasteiger partial charge in [0.25, 0.3) is 0 Å². The van der Waals surface area contributed by atoms with Gasteiger partial charge in [-0.15, -0.1) is 0 Å². The number of halogens is 1. The van der Waals surface area contributed by atoms with Gasteiger partial charge in [-0.3, -0.25) is 33.6 Å². The number of aromatic nitrogens is 1. The monoisotopic (exact) mass is 1500 g/mol. The molecule has 19 atom stereocenters. The van der Waals surface area contributed by atoms with Gasteiger partial charge in [-0.1, -0.05) is 76.2 Å². The largest absolute Gasteiger partial charge is 0.507 e. The standard InChI is InChI=1S/C61H83IN10O22S2/c1-28(74)45-58(88)70-41(57(87)72-46(29(2)75)59(89)90)26-96-95-25-40(69-53(83)37(19-30-10-4-3-5-11-30)65-27-61(91)51(81)50(43(77)24-92-61)94-60-49(80)48(79)47(78)44(23-73)93-60)56(86)67-38(20-31-15-16-42(76)34(62)18-31)54(84)68-39(21-32-22-64-35-13-7-6-12-33(32)35)55(85)66-36(52(82)71-45)14-8-9-17-63/h3-7,10-13,15-16,18,22,28-29,36-41,43-51,60,64-65,73-81,91H,8-9,14,17,19-21,23-27,63H2,1-2H3,(H,66,85)(H,67,86)(H,68,84)(H,69,83)(H,70,88)(H,71,82)(H,72,87)(H,89,90)/t28-,29-,36+,37+,38+,39-,40+,41+,43+,44+,45+,46+,47-,48+,49+,50-,51+,60+,61+/m1/s1. The molecule has 3 aliphatic rings. The van der Waals surface area contributed by atoms with Crippen molar-refractivity contribution in [3.63, 3.8) is 0 Å². The number of carboxylic acid groups (broad SMARTS) is 1. The maximum absolute atomic E-state index is 15.3. The van der Waals surface area contributed by atoms with Crippen LogP contribution in [0, 0.1) is 3.57 Å². The highest BCUT2D eigenvalue weighted by Gasteiger charge is 2.53. The van der Waals surface area contributed by atoms with Crippen LogP contribution in [0.1, 0.15) is 49.8 Å². The topological polar surface area (TPSA) is 525 Å². The Hall–Kier alpha value is -6.37. The number of ether oxygens (including phenoxy) is 3. The number of rotatable bonds is 23. The van der Waals surface area contributed by atoms with Crippen LogP contribution in [-0.4, -0.2) is 262 Å². The predicted octanol–water partition coefficient (Wildman–Crippen LogP) is -5.15. The number of nitrogens with one attached hydrogen (secondary N) is 9. The summed E-state index contributed by atoms with van der Waals surface area (Å²) >= 11 is 1.86. The van der Waals surface area contributed by atoms with Gasteiger partial charge in [0, 0.05) is 41.4 Å². The highest BCUT2D eigenvalue weighted by atomic mass is 127. The quantitative estimate of drug-likeness (QED) is 0.0188. The number of phenolic OH excluding ortho intramolecular Hbond substituents is 1. The summed E-state index contributed by atoms with van der Waals surface area (Å²) in [7, 11) is 1.62. The third-order valence-electron chi connectivity index (χ3n) is 16.3. The second-order valence-electron chi connectivity index (χ2n) is 23.6. The number of unbranched alkanes of at least 4 members (excludes halogenated alkanes) is 1. The number of carboxylic acids is 1. The smallest absolute Gasteiger partial charge is 0.328 e. The number of fused-ring (bicyclic) bond motifs is 1. The van der Waals surface area contributed by atoms with Gasteiger partial charge in [0.2, 0.25) is 47.1 Å². The fraction of sp³-hybridized carbons (Fsp3) is 0.541. The van der Waals surface area contributed by atoms with Gasteiger partial charge < -0.3 is 124 Å². The summed E-state index contributed by atoms with van der Waals surface area (Å²) in [5, 5.41) is 139. The highest BCUT2D eigenvalue weighted by Crippen LogP contribution is 2.31. The van der Waals surface area contributed by atoms with E-state index in [0.717, 1.165) is 35.4 Å². The van der Waals surface area contributed by atoms with E-state index >= 15 is 14.4 Å². The molecule has 3 aromatic carbocycles. The fourth-order valence-corrected chi connectivity index (χ4v) is 13.7. The summed E-state index contributed by atoms with van der Waals surface area (Å²) in [5.74, 6) is -12.7. The molecule has 528 valence electrons. The van der Waals surface area contributed by atoms with Gasteiger partial charge >= 0.3 is 5.97 Å². The van der Waals surface area contributed by atoms with Crippen LogP contribution in [0.5, 0.6) is 5.75 Å². The summed E-state index contributed by atoms with van der Waals surface area (Å²) < 4.78 is 17.0. The van der Waals surface area contributed by atoms with Gasteiger partial charge in [0.1, 0.15) is 84.7 Å². The molecule has 0 bridgehead atoms. The van der Waals surface area contributed by atoms with Gasteiger partial charge in [0.15, 0.2) is 12.3 Å². The maximum atomic E-state index is 15.3. The number of para-hydroxylation sites is 1. The van der Waals surface area contributed by atoms with E-state index in [1.54, 1.807) is 60.8 Å². The normalized spacial score (nSPS) is 29.7. The number of hydrogen-bond acceptors (Lipinski definition) is 25. The number of aromatic hydroxyl groups is 1. The third-order valence-corrected chi connectivity index (χ3v) is 19.6. The van der Waals surface area contributed by atoms with E-state index in [0.29, 0.717) is 37.6 Å². The summed E-state index contributed by atoms with van der Waals surface area (Å²) in [4.78, 5) is 119. The lowest BCUT2D eigenvalue weighted by molar-refractivity contribution is -0.367. The van der Waals surface area contributed by atoms with Crippen molar-refractivity contribution in [1.82, 2.24) is 47.5 Å². The molecule has 96 heavy (non-hydrogen) atoms. The number of phenols is 1. The molecule has 0 unspecified atom stereocenters. The van der Waals surface area contributed by atoms with Gasteiger partial charge in [0.05, 0.1) is 41.6 Å². The third kappa shape index (κ3) is 20.6. The Kier molecular flexibility index (Phi) is 28.8. The number of hydrogen-bond donors (Lipinski definition) is 21. The molecule has 7 amide bonds. The van der Waals surface area contributed by atoms with Crippen LogP contribution < -0.4 is 48.3 Å². The van der Waals surface area contributed by atoms with Gasteiger partial charge in [-0.2, -0.15) is 0 Å². The van der Waals surface area contributed by atoms with Crippen LogP contribution in [0.2, 0.25) is 0 Å². The molecule has 3 saturated heterocycles. The summed E-state index contributed by atoms with van der Waals surface area (Å²) in [6, 6.07) is 6.39. The molecule has 35 heteroatoms. The van der Waals surface area contributed by atoms with Gasteiger partial charge in [-0.05, 0) is 104 Å². The van der Waals surface area contributed by atoms with Crippen molar-refractivity contribution in [1.29, 1.82) is 0 Å². The Morgan fingerprint density at radius 2 is 1.45 bits per heavy atom. The first kappa shape index (κ1) is 77.0. The number of benzene rings is 3. The van der Waals surface area contributed by atoms with Crippen molar-refractivity contribution in [3.8, 4) is 5.75 Å². The van der Waals surface area contributed by atoms with Crippen molar-refractivity contribution < 1.29 is 109 Å². The number of H-pyrrole nitrogens is 1. The fourth-order valence-electron chi connectivity index (χ4n) is 10.8. The second kappa shape index (κ2) is 35.9. The molecule has 4 heterocycles. The number of aromatic amines is 1. The van der Waals surface area contributed by atoms with Crippen LogP contribution in [0.3, 0.4) is 0 Å². The van der Waals surface area contributed by atoms with Gasteiger partial charge in [-0.25, -0.2) is 4.79 Å². The van der Waals surface area contributed by atoms with E-state index in [-0.39, 0.29) is 44.4 Å². The van der Waals surface area contributed by atoms with Crippen LogP contribution in [0.4, 0.5) is 0 Å². The first-order chi connectivity index (χ1) is 45.6. The average molecular weight is 1500 g/mol. The molecular formula is C61H83IN10O22S2. The summed E-state index contributed by atoms with van der Waals surface area (Å²) in [5.41, 5.74) is 7.90. The van der Waals surface area contributed by atoms with Crippen LogP contribution in [0.25, 0.3) is 10.9 Å². The number of aliphatic hydroxyl groups excluding tert-OH is 8. The zero-order chi connectivity index (χ0) is 70.1. The van der Waals surface area contributed by atoms with Crippen molar-refractivity contribution in [2.75, 3.05) is 37.8 Å². The van der Waals surface area contributed by atoms with E-state index in [9.17, 15) is 80.1 Å². The number of carbonyl (C=O) groups excluding carboxylic acids is 7. The second-order valence-corrected chi connectivity index (χ2v) is 27.3. The minimum absolute atomic E-state index is 0.0941. The van der Waals surface area contributed by atoms with Crippen LogP contribution in [0.15, 0.2) is 79.0 Å². The highest BCUT2D eigenvalue weighted by molar-refractivity contribution is 14.1. The molecule has 0 saturated carbocycles. The Balaban J connectivity index is 1.27. The number of carbonyl (C=O) groups is 8. The van der Waals surface area contributed by atoms with E-state index in [1.165, 1.54) is 18.2 Å². The molecule has 1 aromatic heterocycles. The van der Waals surface area contributed by atoms with Crippen LogP contribution >= 0.6 is 44.2 Å². The minimum atomic E-state index is -2.74. The maximum Gasteiger partial charge on any atom is 0.328 e. The lowest BCUT2D eigenvalue weighted by Crippen LogP contribution is -2.68. The molecule has 4 aromatic rings. The van der Waals surface area contributed by atoms with Crippen LogP contribution in [-0.2, 0) is 71.8 Å². The Bertz CT molecular complexity index is 3310. The summed E-state index contributed by atoms with van der Waals surface area (Å²) in [6.07, 6.45) is -16.9. The van der Waals surface area contributed by atoms with Crippen molar-refractivity contribution in [2.45, 2.75) is 168 Å². The van der Waals surface area contributed by atoms with E-state index in [2.05, 4.69) is 47.5 Å². The molecule has 3 aliphatic heterocycles. The van der Waals surface area contributed by atoms with E-state index in [4.69, 9.17) is 19.9 Å². The molecule has 3 fully saturated rings. The van der Waals surface area contributed by atoms with Crippen molar-refractivity contribution in [2.24, 2.45) is 5.73 Å². The summed E-state index contributed by atoms with van der Waals surface area (Å²) in [6.45, 7) is -0.0138. The number of aliphatic hydroxyl groups is 9. The first-order valence-electron chi connectivity index (χ1n) is 30.8. The Morgan fingerprint density at radius 1 is 0.792 bits per heavy atom. The zero-order valence-corrected chi connectivity index (χ0v) is 55.9. The Labute approximate surface area is 571 Å². The lowest BCUT2D eigenvalue weighted by Gasteiger charge is -2.47. The molecule has 0 spiro atoms. The lowest BCUT2D eigenvalue weighted by atomic mass is 9.95. The Morgan fingerprint density at radius 3 is 2.11 bits per heavy atom. The van der Waals surface area contributed by atoms with Crippen molar-refractivity contribution in [3.05, 3.63) is 99.3 Å². The number of amides is 7. The predicted molar refractivity (Wildman–Crippen MR) is 352 cm³/mol. The molecular weight excluding hydrogens is 1420 g/mol. The van der Waals surface area contributed by atoms with Crippen molar-refractivity contribution >= 4 is 102 Å². The minimum Gasteiger partial charge on any atom is -0.507 e. The molecule has 22 N–H and O–H groups in total. The SMILES string of the molecule is C[C@@H](O)[C@H](NC(=O)[C@@H]1CSSC[C@H](NC(=O)[C@H](Cc2ccccc2)NC[C@]2(O)OC[C@H](O)[C@@H](O[C@@H]3O[C@@H](CO)[C@@H](O)[C@H](O)[C@@H]3O)[C@@H]2O)C(=O)N[C@@H](Cc2ccc(O)c(I)c2)C(=O)N[C@H](Cc2c[nH]c3ccccc23)C(=O)N[C@@H](CCCCN)C(=O)N[C@@H]([C@@H](C)O)C(=O)N1)C(=O)O. The number of nitrogens with two attached hydrogens (primary N) is 1. The average Bonchev–Trinajstić information content (AvgIpc) is 1.03. The molecule has 0 aliphatic carbocycles. The zero-order valence-electron chi connectivity index (χ0n) is 52.1. The molecule has 32 nitrogen and oxygen atoms in total. The molecule has 7 rings (SSSR count).